The molecule has 0 aromatic rings. The number of nitrogens with one attached hydrogen (secondary N) is 1. The molecule has 0 heterocycles. The highest BCUT2D eigenvalue weighted by molar-refractivity contribution is 5.80. The molecule has 1 aliphatic rings. The zero-order valence-corrected chi connectivity index (χ0v) is 14.6. The van der Waals surface area contributed by atoms with Gasteiger partial charge in [-0.2, -0.15) is 0 Å². The van der Waals surface area contributed by atoms with Gasteiger partial charge in [-0.05, 0) is 66.0 Å². The summed E-state index contributed by atoms with van der Waals surface area (Å²) in [5.41, 5.74) is -0.572. The Balaban J connectivity index is 2.36. The van der Waals surface area contributed by atoms with Gasteiger partial charge in [-0.15, -0.1) is 0 Å². The zero-order valence-electron chi connectivity index (χ0n) is 14.6. The standard InChI is InChI=1S/C17H34N2O2/c1-14(2)18-17(3,16(20)21-5)11-8-12-19(4)13-15-9-6-7-10-15/h14-15,18H,6-13H2,1-5H3. The Kier molecular flexibility index (Phi) is 7.67. The average Bonchev–Trinajstić information content (AvgIpc) is 2.89. The number of hydrogen-bond acceptors (Lipinski definition) is 4. The number of carbonyl (C=O) groups excluding carboxylic acids is 1. The first-order chi connectivity index (χ1) is 9.87. The minimum absolute atomic E-state index is 0.158. The molecule has 0 amide bonds. The number of rotatable bonds is 9. The Morgan fingerprint density at radius 3 is 2.52 bits per heavy atom. The Bertz CT molecular complexity index is 314. The van der Waals surface area contributed by atoms with Gasteiger partial charge in [-0.25, -0.2) is 0 Å². The average molecular weight is 298 g/mol. The van der Waals surface area contributed by atoms with Crippen LogP contribution in [0.15, 0.2) is 0 Å². The first-order valence-corrected chi connectivity index (χ1v) is 8.42. The minimum atomic E-state index is -0.572. The number of nitrogens with zero attached hydrogens (tertiary/aromatic N) is 1. The summed E-state index contributed by atoms with van der Waals surface area (Å²) < 4.78 is 4.97. The van der Waals surface area contributed by atoms with Gasteiger partial charge < -0.3 is 9.64 Å². The first kappa shape index (κ1) is 18.4. The predicted molar refractivity (Wildman–Crippen MR) is 87.4 cm³/mol. The van der Waals surface area contributed by atoms with E-state index in [4.69, 9.17) is 4.74 Å². The van der Waals surface area contributed by atoms with Crippen LogP contribution in [0.1, 0.15) is 59.3 Å². The van der Waals surface area contributed by atoms with Gasteiger partial charge in [0.2, 0.25) is 0 Å². The van der Waals surface area contributed by atoms with Gasteiger partial charge in [-0.1, -0.05) is 12.8 Å². The van der Waals surface area contributed by atoms with Crippen LogP contribution in [0.25, 0.3) is 0 Å². The second kappa shape index (κ2) is 8.74. The van der Waals surface area contributed by atoms with Crippen molar-refractivity contribution in [2.24, 2.45) is 5.92 Å². The molecule has 0 spiro atoms. The van der Waals surface area contributed by atoms with Gasteiger partial charge in [0.15, 0.2) is 0 Å². The highest BCUT2D eigenvalue weighted by atomic mass is 16.5. The molecule has 0 aromatic heterocycles. The lowest BCUT2D eigenvalue weighted by atomic mass is 9.94. The fourth-order valence-electron chi connectivity index (χ4n) is 3.52. The van der Waals surface area contributed by atoms with Crippen molar-refractivity contribution < 1.29 is 9.53 Å². The van der Waals surface area contributed by atoms with Crippen LogP contribution >= 0.6 is 0 Å². The fourth-order valence-corrected chi connectivity index (χ4v) is 3.52. The largest absolute Gasteiger partial charge is 0.468 e. The quantitative estimate of drug-likeness (QED) is 0.665. The Labute approximate surface area is 130 Å². The van der Waals surface area contributed by atoms with Crippen LogP contribution in [0, 0.1) is 5.92 Å². The monoisotopic (exact) mass is 298 g/mol. The summed E-state index contributed by atoms with van der Waals surface area (Å²) >= 11 is 0. The molecule has 1 unspecified atom stereocenters. The first-order valence-electron chi connectivity index (χ1n) is 8.42. The van der Waals surface area contributed by atoms with Crippen molar-refractivity contribution in [2.75, 3.05) is 27.2 Å². The van der Waals surface area contributed by atoms with Crippen LogP contribution < -0.4 is 5.32 Å². The van der Waals surface area contributed by atoms with Gasteiger partial charge in [-0.3, -0.25) is 10.1 Å². The molecule has 1 rings (SSSR count). The number of carbonyl (C=O) groups is 1. The molecular formula is C17H34N2O2. The minimum Gasteiger partial charge on any atom is -0.468 e. The smallest absolute Gasteiger partial charge is 0.325 e. The van der Waals surface area contributed by atoms with Crippen LogP contribution in [0.3, 0.4) is 0 Å². The summed E-state index contributed by atoms with van der Waals surface area (Å²) in [4.78, 5) is 14.4. The molecule has 1 aliphatic carbocycles. The van der Waals surface area contributed by atoms with Crippen LogP contribution in [0.4, 0.5) is 0 Å². The summed E-state index contributed by atoms with van der Waals surface area (Å²) in [6.07, 6.45) is 7.40. The second-order valence-electron chi connectivity index (χ2n) is 7.14. The maximum absolute atomic E-state index is 12.0. The van der Waals surface area contributed by atoms with Gasteiger partial charge in [0.05, 0.1) is 7.11 Å². The third-order valence-electron chi connectivity index (χ3n) is 4.50. The van der Waals surface area contributed by atoms with E-state index in [2.05, 4.69) is 31.1 Å². The van der Waals surface area contributed by atoms with E-state index in [1.54, 1.807) is 0 Å². The van der Waals surface area contributed by atoms with Crippen LogP contribution in [-0.4, -0.2) is 49.7 Å². The molecular weight excluding hydrogens is 264 g/mol. The van der Waals surface area contributed by atoms with Crippen molar-refractivity contribution in [3.05, 3.63) is 0 Å². The lowest BCUT2D eigenvalue weighted by Gasteiger charge is -2.31. The molecule has 0 aliphatic heterocycles. The normalized spacial score (nSPS) is 19.2. The van der Waals surface area contributed by atoms with E-state index < -0.39 is 5.54 Å². The predicted octanol–water partition coefficient (Wildman–Crippen LogP) is 2.82. The highest BCUT2D eigenvalue weighted by Crippen LogP contribution is 2.25. The Morgan fingerprint density at radius 2 is 2.00 bits per heavy atom. The van der Waals surface area contributed by atoms with Crippen molar-refractivity contribution in [1.29, 1.82) is 0 Å². The Hall–Kier alpha value is -0.610. The van der Waals surface area contributed by atoms with E-state index in [1.807, 2.05) is 6.92 Å². The topological polar surface area (TPSA) is 41.6 Å². The molecule has 0 radical (unpaired) electrons. The van der Waals surface area contributed by atoms with E-state index in [9.17, 15) is 4.79 Å². The van der Waals surface area contributed by atoms with Crippen LogP contribution in [0.2, 0.25) is 0 Å². The molecule has 4 heteroatoms. The van der Waals surface area contributed by atoms with Crippen LogP contribution in [0.5, 0.6) is 0 Å². The molecule has 0 bridgehead atoms. The van der Waals surface area contributed by atoms with Crippen molar-refractivity contribution in [3.63, 3.8) is 0 Å². The molecule has 0 saturated heterocycles. The summed E-state index contributed by atoms with van der Waals surface area (Å²) in [5.74, 6) is 0.727. The third-order valence-corrected chi connectivity index (χ3v) is 4.50. The van der Waals surface area contributed by atoms with E-state index in [0.29, 0.717) is 0 Å². The van der Waals surface area contributed by atoms with E-state index >= 15 is 0 Å². The number of methoxy groups -OCH3 is 1. The fraction of sp³-hybridized carbons (Fsp3) is 0.941. The van der Waals surface area contributed by atoms with Gasteiger partial charge >= 0.3 is 5.97 Å². The van der Waals surface area contributed by atoms with Crippen LogP contribution in [-0.2, 0) is 9.53 Å². The van der Waals surface area contributed by atoms with Gasteiger partial charge in [0, 0.05) is 12.6 Å². The third kappa shape index (κ3) is 6.35. The van der Waals surface area contributed by atoms with E-state index in [1.165, 1.54) is 39.3 Å². The van der Waals surface area contributed by atoms with Gasteiger partial charge in [0.25, 0.3) is 0 Å². The van der Waals surface area contributed by atoms with E-state index in [0.717, 1.165) is 25.3 Å². The molecule has 124 valence electrons. The number of ether oxygens (including phenoxy) is 1. The summed E-state index contributed by atoms with van der Waals surface area (Å²) in [6.45, 7) is 8.33. The lowest BCUT2D eigenvalue weighted by Crippen LogP contribution is -2.53. The summed E-state index contributed by atoms with van der Waals surface area (Å²) in [6, 6.07) is 0.269. The number of esters is 1. The van der Waals surface area contributed by atoms with Gasteiger partial charge in [0.1, 0.15) is 5.54 Å². The lowest BCUT2D eigenvalue weighted by molar-refractivity contribution is -0.148. The Morgan fingerprint density at radius 1 is 1.38 bits per heavy atom. The molecule has 1 fully saturated rings. The van der Waals surface area contributed by atoms with Crippen molar-refractivity contribution in [1.82, 2.24) is 10.2 Å². The summed E-state index contributed by atoms with van der Waals surface area (Å²) in [5, 5.41) is 3.36. The maximum atomic E-state index is 12.0. The molecule has 1 N–H and O–H groups in total. The zero-order chi connectivity index (χ0) is 15.9. The van der Waals surface area contributed by atoms with E-state index in [-0.39, 0.29) is 12.0 Å². The number of hydrogen-bond donors (Lipinski definition) is 1. The molecule has 1 atom stereocenters. The maximum Gasteiger partial charge on any atom is 0.325 e. The molecule has 21 heavy (non-hydrogen) atoms. The van der Waals surface area contributed by atoms with Crippen molar-refractivity contribution in [3.8, 4) is 0 Å². The highest BCUT2D eigenvalue weighted by Gasteiger charge is 2.34. The molecule has 4 nitrogen and oxygen atoms in total. The van der Waals surface area contributed by atoms with Crippen molar-refractivity contribution in [2.45, 2.75) is 70.9 Å². The van der Waals surface area contributed by atoms with Crippen molar-refractivity contribution >= 4 is 5.97 Å². The SMILES string of the molecule is COC(=O)C(C)(CCCN(C)CC1CCCC1)NC(C)C. The second-order valence-corrected chi connectivity index (χ2v) is 7.14. The molecule has 0 aromatic carbocycles. The summed E-state index contributed by atoms with van der Waals surface area (Å²) in [7, 11) is 3.67. The molecule has 1 saturated carbocycles.